The van der Waals surface area contributed by atoms with E-state index in [1.807, 2.05) is 0 Å². The molecule has 8 nitrogen and oxygen atoms in total. The Morgan fingerprint density at radius 3 is 2.10 bits per heavy atom. The van der Waals surface area contributed by atoms with Crippen LogP contribution in [0.5, 0.6) is 0 Å². The highest BCUT2D eigenvalue weighted by Gasteiger charge is 2.26. The van der Waals surface area contributed by atoms with E-state index in [1.165, 1.54) is 25.8 Å². The Hall–Kier alpha value is -0.910. The van der Waals surface area contributed by atoms with Crippen molar-refractivity contribution in [3.05, 3.63) is 39.0 Å². The number of halogens is 3. The maximum absolute atomic E-state index is 5.37. The lowest BCUT2D eigenvalue weighted by Crippen LogP contribution is -2.34. The minimum atomic E-state index is 0.271. The van der Waals surface area contributed by atoms with Crippen molar-refractivity contribution in [1.82, 2.24) is 25.3 Å². The third-order valence-corrected chi connectivity index (χ3v) is 5.73. The van der Waals surface area contributed by atoms with Crippen LogP contribution in [0.3, 0.4) is 0 Å². The summed E-state index contributed by atoms with van der Waals surface area (Å²) in [6.45, 7) is 3.82. The largest absolute Gasteiger partial charge is 0.383 e. The zero-order valence-electron chi connectivity index (χ0n) is 17.8. The van der Waals surface area contributed by atoms with Crippen molar-refractivity contribution in [3.63, 3.8) is 0 Å². The summed E-state index contributed by atoms with van der Waals surface area (Å²) in [6, 6.07) is 1.07. The number of anilines is 1. The summed E-state index contributed by atoms with van der Waals surface area (Å²) in [4.78, 5) is 18.2. The number of hydrogen-bond donors (Lipinski definition) is 1. The third-order valence-electron chi connectivity index (χ3n) is 4.72. The molecule has 0 saturated carbocycles. The number of nitrogens with zero attached hydrogens (tertiary/aromatic N) is 5. The fourth-order valence-corrected chi connectivity index (χ4v) is 3.82. The molecule has 1 N–H and O–H groups in total. The first-order chi connectivity index (χ1) is 15.0. The van der Waals surface area contributed by atoms with E-state index < -0.39 is 0 Å². The number of nitrogens with one attached hydrogen (secondary N) is 1. The zero-order valence-corrected chi connectivity index (χ0v) is 21.7. The first-order valence-corrected chi connectivity index (χ1v) is 12.1. The molecular formula is C20H29Br2ClN6O2. The topological polar surface area (TPSA) is 85.3 Å². The van der Waals surface area contributed by atoms with Gasteiger partial charge in [0.2, 0.25) is 11.2 Å². The van der Waals surface area contributed by atoms with Crippen LogP contribution in [0, 0.1) is 0 Å². The molecule has 0 spiro atoms. The Labute approximate surface area is 205 Å². The molecule has 11 heteroatoms. The summed E-state index contributed by atoms with van der Waals surface area (Å²) in [7, 11) is 3.49. The molecule has 172 valence electrons. The van der Waals surface area contributed by atoms with Crippen molar-refractivity contribution >= 4 is 49.4 Å². The van der Waals surface area contributed by atoms with Crippen LogP contribution in [-0.4, -0.2) is 72.5 Å². The maximum atomic E-state index is 5.37. The van der Waals surface area contributed by atoms with E-state index in [-0.39, 0.29) is 5.28 Å². The average molecular weight is 581 g/mol. The fraction of sp³-hybridized carbons (Fsp3) is 0.600. The predicted molar refractivity (Wildman–Crippen MR) is 130 cm³/mol. The molecule has 2 saturated heterocycles. The number of rotatable bonds is 5. The normalized spacial score (nSPS) is 20.0. The van der Waals surface area contributed by atoms with Gasteiger partial charge in [-0.1, -0.05) is 0 Å². The second kappa shape index (κ2) is 15.0. The predicted octanol–water partition coefficient (Wildman–Crippen LogP) is 4.13. The van der Waals surface area contributed by atoms with Crippen LogP contribution in [0.25, 0.3) is 0 Å². The second-order valence-corrected chi connectivity index (χ2v) is 9.23. The van der Waals surface area contributed by atoms with E-state index in [0.29, 0.717) is 12.1 Å². The Morgan fingerprint density at radius 1 is 0.968 bits per heavy atom. The lowest BCUT2D eigenvalue weighted by atomic mass is 10.2. The second-order valence-electron chi connectivity index (χ2n) is 7.07. The molecule has 2 aromatic rings. The molecule has 2 atom stereocenters. The van der Waals surface area contributed by atoms with Crippen LogP contribution >= 0.6 is 43.5 Å². The number of hydrogen-bond acceptors (Lipinski definition) is 8. The van der Waals surface area contributed by atoms with Gasteiger partial charge in [0.1, 0.15) is 0 Å². The van der Waals surface area contributed by atoms with Gasteiger partial charge in [-0.3, -0.25) is 0 Å². The Morgan fingerprint density at radius 2 is 1.58 bits per heavy atom. The molecular weight excluding hydrogens is 552 g/mol. The number of ether oxygens (including phenoxy) is 2. The Balaban J connectivity index is 0.000000181. The van der Waals surface area contributed by atoms with Gasteiger partial charge in [-0.25, -0.2) is 19.9 Å². The highest BCUT2D eigenvalue weighted by molar-refractivity contribution is 9.10. The van der Waals surface area contributed by atoms with E-state index in [1.54, 1.807) is 39.0 Å². The van der Waals surface area contributed by atoms with Gasteiger partial charge in [0.05, 0.1) is 28.2 Å². The van der Waals surface area contributed by atoms with Gasteiger partial charge in [0.25, 0.3) is 0 Å². The summed E-state index contributed by atoms with van der Waals surface area (Å²) in [5.41, 5.74) is 0. The standard InChI is InChI=1S/C10H14BrN3O.C6H13NO.C4H2BrClN2/c1-15-7-9-3-2-4-14(9)10-12-5-8(11)6-13-10;1-8-5-6-3-2-4-7-6;5-3-1-7-4(6)8-2-3/h5-6,9H,2-4,7H2,1H3;6-7H,2-5H2,1H3;1-2H/t9-;6-;/m11./s1. The van der Waals surface area contributed by atoms with Crippen LogP contribution in [0.1, 0.15) is 25.7 Å². The van der Waals surface area contributed by atoms with Crippen LogP contribution in [0.4, 0.5) is 5.95 Å². The van der Waals surface area contributed by atoms with Crippen molar-refractivity contribution in [2.45, 2.75) is 37.8 Å². The van der Waals surface area contributed by atoms with Crippen molar-refractivity contribution in [2.75, 3.05) is 45.4 Å². The molecule has 31 heavy (non-hydrogen) atoms. The van der Waals surface area contributed by atoms with Gasteiger partial charge >= 0.3 is 0 Å². The molecule has 2 aliphatic heterocycles. The quantitative estimate of drug-likeness (QED) is 0.529. The zero-order chi connectivity index (χ0) is 22.5. The van der Waals surface area contributed by atoms with Gasteiger partial charge < -0.3 is 19.7 Å². The molecule has 0 amide bonds. The van der Waals surface area contributed by atoms with Crippen LogP contribution in [0.2, 0.25) is 5.28 Å². The third kappa shape index (κ3) is 10.0. The first kappa shape index (κ1) is 26.3. The Kier molecular flexibility index (Phi) is 12.8. The summed E-state index contributed by atoms with van der Waals surface area (Å²) in [6.07, 6.45) is 11.7. The summed E-state index contributed by atoms with van der Waals surface area (Å²) >= 11 is 11.9. The highest BCUT2D eigenvalue weighted by atomic mass is 79.9. The Bertz CT molecular complexity index is 714. The van der Waals surface area contributed by atoms with E-state index in [9.17, 15) is 0 Å². The molecule has 0 unspecified atom stereocenters. The van der Waals surface area contributed by atoms with E-state index in [0.717, 1.165) is 41.1 Å². The van der Waals surface area contributed by atoms with Crippen molar-refractivity contribution < 1.29 is 9.47 Å². The van der Waals surface area contributed by atoms with Gasteiger partial charge in [0, 0.05) is 51.6 Å². The van der Waals surface area contributed by atoms with Crippen molar-refractivity contribution in [3.8, 4) is 0 Å². The summed E-state index contributed by atoms with van der Waals surface area (Å²) in [5, 5.41) is 3.60. The average Bonchev–Trinajstić information content (AvgIpc) is 3.45. The number of methoxy groups -OCH3 is 2. The molecule has 4 heterocycles. The molecule has 2 aliphatic rings. The van der Waals surface area contributed by atoms with Crippen LogP contribution < -0.4 is 10.2 Å². The lowest BCUT2D eigenvalue weighted by Gasteiger charge is -2.23. The monoisotopic (exact) mass is 578 g/mol. The van der Waals surface area contributed by atoms with Gasteiger partial charge in [-0.05, 0) is 75.7 Å². The molecule has 0 bridgehead atoms. The van der Waals surface area contributed by atoms with Crippen molar-refractivity contribution in [1.29, 1.82) is 0 Å². The van der Waals surface area contributed by atoms with Crippen molar-refractivity contribution in [2.24, 2.45) is 0 Å². The van der Waals surface area contributed by atoms with Gasteiger partial charge in [-0.15, -0.1) is 0 Å². The minimum Gasteiger partial charge on any atom is -0.383 e. The fourth-order valence-electron chi connectivity index (χ4n) is 3.32. The molecule has 2 fully saturated rings. The molecule has 0 radical (unpaired) electrons. The van der Waals surface area contributed by atoms with E-state index >= 15 is 0 Å². The summed E-state index contributed by atoms with van der Waals surface area (Å²) in [5.74, 6) is 0.803. The van der Waals surface area contributed by atoms with E-state index in [4.69, 9.17) is 21.1 Å². The maximum Gasteiger partial charge on any atom is 0.225 e. The molecule has 2 aromatic heterocycles. The molecule has 0 aliphatic carbocycles. The van der Waals surface area contributed by atoms with Crippen LogP contribution in [-0.2, 0) is 9.47 Å². The van der Waals surface area contributed by atoms with E-state index in [2.05, 4.69) is 62.0 Å². The van der Waals surface area contributed by atoms with Crippen LogP contribution in [0.15, 0.2) is 33.7 Å². The first-order valence-electron chi connectivity index (χ1n) is 10.1. The van der Waals surface area contributed by atoms with Gasteiger partial charge in [-0.2, -0.15) is 0 Å². The lowest BCUT2D eigenvalue weighted by molar-refractivity contribution is 0.173. The number of aromatic nitrogens is 4. The smallest absolute Gasteiger partial charge is 0.225 e. The van der Waals surface area contributed by atoms with Gasteiger partial charge in [0.15, 0.2) is 0 Å². The SMILES string of the molecule is COC[C@H]1CCCN1.COC[C@H]1CCCN1c1ncc(Br)cn1.Clc1ncc(Br)cn1. The minimum absolute atomic E-state index is 0.271. The summed E-state index contributed by atoms with van der Waals surface area (Å²) < 4.78 is 11.9. The highest BCUT2D eigenvalue weighted by Crippen LogP contribution is 2.22. The molecule has 0 aromatic carbocycles. The molecule has 4 rings (SSSR count).